The summed E-state index contributed by atoms with van der Waals surface area (Å²) in [6, 6.07) is 10.2. The highest BCUT2D eigenvalue weighted by atomic mass is 16.1. The van der Waals surface area contributed by atoms with E-state index in [9.17, 15) is 4.79 Å². The number of carbonyl (C=O) groups excluding carboxylic acids is 1. The molecule has 74 valence electrons. The van der Waals surface area contributed by atoms with Gasteiger partial charge < -0.3 is 5.32 Å². The molecule has 0 aliphatic carbocycles. The van der Waals surface area contributed by atoms with E-state index in [1.807, 2.05) is 24.3 Å². The summed E-state index contributed by atoms with van der Waals surface area (Å²) in [6.07, 6.45) is 4.94. The predicted molar refractivity (Wildman–Crippen MR) is 58.0 cm³/mol. The molecule has 0 aliphatic rings. The van der Waals surface area contributed by atoms with Crippen LogP contribution in [-0.4, -0.2) is 12.5 Å². The smallest absolute Gasteiger partial charge is 0.217 e. The molecule has 0 unspecified atom stereocenters. The minimum Gasteiger partial charge on any atom is -0.353 e. The standard InChI is InChI=1S/C12H15NO/c1-11(14)13-10-6-5-9-12-7-3-2-4-8-12/h2-8H,9-10H2,1H3,(H,13,14). The molecule has 2 nitrogen and oxygen atoms in total. The zero-order chi connectivity index (χ0) is 10.2. The van der Waals surface area contributed by atoms with E-state index in [4.69, 9.17) is 0 Å². The van der Waals surface area contributed by atoms with Crippen molar-refractivity contribution < 1.29 is 4.79 Å². The first-order valence-electron chi connectivity index (χ1n) is 4.72. The highest BCUT2D eigenvalue weighted by Crippen LogP contribution is 1.99. The van der Waals surface area contributed by atoms with Gasteiger partial charge in [-0.05, 0) is 12.0 Å². The third-order valence-electron chi connectivity index (χ3n) is 1.83. The van der Waals surface area contributed by atoms with Gasteiger partial charge >= 0.3 is 0 Å². The average Bonchev–Trinajstić information content (AvgIpc) is 2.18. The van der Waals surface area contributed by atoms with Crippen LogP contribution in [0.15, 0.2) is 42.5 Å². The molecule has 0 saturated heterocycles. The van der Waals surface area contributed by atoms with E-state index in [-0.39, 0.29) is 5.91 Å². The second-order valence-corrected chi connectivity index (χ2v) is 3.10. The molecule has 1 aromatic rings. The lowest BCUT2D eigenvalue weighted by atomic mass is 10.1. The zero-order valence-corrected chi connectivity index (χ0v) is 8.36. The van der Waals surface area contributed by atoms with Gasteiger partial charge in [-0.2, -0.15) is 0 Å². The number of hydrogen-bond acceptors (Lipinski definition) is 1. The minimum atomic E-state index is 0.00867. The number of nitrogens with one attached hydrogen (secondary N) is 1. The molecule has 0 bridgehead atoms. The van der Waals surface area contributed by atoms with E-state index in [0.29, 0.717) is 6.54 Å². The Bertz CT molecular complexity index is 303. The van der Waals surface area contributed by atoms with Gasteiger partial charge in [-0.25, -0.2) is 0 Å². The summed E-state index contributed by atoms with van der Waals surface area (Å²) in [5.74, 6) is 0.00867. The summed E-state index contributed by atoms with van der Waals surface area (Å²) in [7, 11) is 0. The van der Waals surface area contributed by atoms with Crippen molar-refractivity contribution in [2.24, 2.45) is 0 Å². The first kappa shape index (κ1) is 10.5. The Morgan fingerprint density at radius 3 is 2.64 bits per heavy atom. The second kappa shape index (κ2) is 5.97. The predicted octanol–water partition coefficient (Wildman–Crippen LogP) is 1.92. The summed E-state index contributed by atoms with van der Waals surface area (Å²) in [6.45, 7) is 2.13. The molecule has 0 aromatic heterocycles. The van der Waals surface area contributed by atoms with E-state index in [0.717, 1.165) is 6.42 Å². The molecule has 0 atom stereocenters. The SMILES string of the molecule is CC(=O)NCC=CCc1ccccc1. The number of hydrogen-bond donors (Lipinski definition) is 1. The Balaban J connectivity index is 2.24. The van der Waals surface area contributed by atoms with Crippen molar-refractivity contribution in [3.05, 3.63) is 48.0 Å². The highest BCUT2D eigenvalue weighted by Gasteiger charge is 1.86. The molecular weight excluding hydrogens is 174 g/mol. The molecule has 2 heteroatoms. The first-order valence-corrected chi connectivity index (χ1v) is 4.72. The molecule has 0 spiro atoms. The summed E-state index contributed by atoms with van der Waals surface area (Å²) < 4.78 is 0. The van der Waals surface area contributed by atoms with Gasteiger partial charge in [0.05, 0.1) is 0 Å². The van der Waals surface area contributed by atoms with Crippen LogP contribution in [0.5, 0.6) is 0 Å². The lowest BCUT2D eigenvalue weighted by Gasteiger charge is -1.96. The maximum absolute atomic E-state index is 10.5. The van der Waals surface area contributed by atoms with Crippen molar-refractivity contribution in [1.82, 2.24) is 5.32 Å². The van der Waals surface area contributed by atoms with E-state index >= 15 is 0 Å². The molecule has 1 N–H and O–H groups in total. The Labute approximate surface area is 84.6 Å². The van der Waals surface area contributed by atoms with Crippen molar-refractivity contribution in [1.29, 1.82) is 0 Å². The van der Waals surface area contributed by atoms with Gasteiger partial charge in [0.2, 0.25) is 5.91 Å². The lowest BCUT2D eigenvalue weighted by Crippen LogP contribution is -2.19. The van der Waals surface area contributed by atoms with Crippen LogP contribution in [0, 0.1) is 0 Å². The van der Waals surface area contributed by atoms with Gasteiger partial charge in [-0.3, -0.25) is 4.79 Å². The fourth-order valence-electron chi connectivity index (χ4n) is 1.12. The van der Waals surface area contributed by atoms with Crippen LogP contribution in [0.1, 0.15) is 12.5 Å². The first-order chi connectivity index (χ1) is 6.79. The van der Waals surface area contributed by atoms with Crippen LogP contribution >= 0.6 is 0 Å². The normalized spacial score (nSPS) is 10.4. The Kier molecular flexibility index (Phi) is 4.48. The van der Waals surface area contributed by atoms with Crippen LogP contribution < -0.4 is 5.32 Å². The van der Waals surface area contributed by atoms with Gasteiger partial charge in [0.1, 0.15) is 0 Å². The Morgan fingerprint density at radius 2 is 2.00 bits per heavy atom. The van der Waals surface area contributed by atoms with Gasteiger partial charge in [0.15, 0.2) is 0 Å². The number of benzene rings is 1. The molecule has 1 rings (SSSR count). The number of carbonyl (C=O) groups is 1. The van der Waals surface area contributed by atoms with Crippen LogP contribution in [0.25, 0.3) is 0 Å². The second-order valence-electron chi connectivity index (χ2n) is 3.10. The molecule has 0 saturated carbocycles. The minimum absolute atomic E-state index is 0.00867. The van der Waals surface area contributed by atoms with Crippen LogP contribution in [0.2, 0.25) is 0 Å². The van der Waals surface area contributed by atoms with Crippen molar-refractivity contribution in [3.8, 4) is 0 Å². The van der Waals surface area contributed by atoms with E-state index in [2.05, 4.69) is 23.5 Å². The van der Waals surface area contributed by atoms with Gasteiger partial charge in [0.25, 0.3) is 0 Å². The van der Waals surface area contributed by atoms with Crippen molar-refractivity contribution in [2.45, 2.75) is 13.3 Å². The topological polar surface area (TPSA) is 29.1 Å². The zero-order valence-electron chi connectivity index (χ0n) is 8.36. The molecule has 0 aliphatic heterocycles. The summed E-state index contributed by atoms with van der Waals surface area (Å²) in [5.41, 5.74) is 1.28. The Morgan fingerprint density at radius 1 is 1.29 bits per heavy atom. The fourth-order valence-corrected chi connectivity index (χ4v) is 1.12. The maximum Gasteiger partial charge on any atom is 0.217 e. The molecule has 1 amide bonds. The third kappa shape index (κ3) is 4.45. The quantitative estimate of drug-likeness (QED) is 0.720. The molecule has 0 heterocycles. The van der Waals surface area contributed by atoms with E-state index < -0.39 is 0 Å². The number of amides is 1. The van der Waals surface area contributed by atoms with Gasteiger partial charge in [-0.1, -0.05) is 42.5 Å². The number of allylic oxidation sites excluding steroid dienone is 1. The average molecular weight is 189 g/mol. The lowest BCUT2D eigenvalue weighted by molar-refractivity contribution is -0.118. The van der Waals surface area contributed by atoms with Crippen molar-refractivity contribution >= 4 is 5.91 Å². The molecule has 0 fully saturated rings. The molecule has 14 heavy (non-hydrogen) atoms. The fraction of sp³-hybridized carbons (Fsp3) is 0.250. The molecular formula is C12H15NO. The van der Waals surface area contributed by atoms with Crippen LogP contribution in [-0.2, 0) is 11.2 Å². The monoisotopic (exact) mass is 189 g/mol. The van der Waals surface area contributed by atoms with Crippen molar-refractivity contribution in [2.75, 3.05) is 6.54 Å². The van der Waals surface area contributed by atoms with E-state index in [1.165, 1.54) is 12.5 Å². The van der Waals surface area contributed by atoms with Gasteiger partial charge in [-0.15, -0.1) is 0 Å². The van der Waals surface area contributed by atoms with E-state index in [1.54, 1.807) is 0 Å². The highest BCUT2D eigenvalue weighted by molar-refractivity contribution is 5.72. The summed E-state index contributed by atoms with van der Waals surface area (Å²) >= 11 is 0. The maximum atomic E-state index is 10.5. The summed E-state index contributed by atoms with van der Waals surface area (Å²) in [5, 5.41) is 2.71. The van der Waals surface area contributed by atoms with Crippen LogP contribution in [0.3, 0.4) is 0 Å². The van der Waals surface area contributed by atoms with Crippen molar-refractivity contribution in [3.63, 3.8) is 0 Å². The molecule has 0 radical (unpaired) electrons. The Hall–Kier alpha value is -1.57. The molecule has 1 aromatic carbocycles. The summed E-state index contributed by atoms with van der Waals surface area (Å²) in [4.78, 5) is 10.5. The van der Waals surface area contributed by atoms with Gasteiger partial charge in [0, 0.05) is 13.5 Å². The third-order valence-corrected chi connectivity index (χ3v) is 1.83. The van der Waals surface area contributed by atoms with Crippen LogP contribution in [0.4, 0.5) is 0 Å². The largest absolute Gasteiger partial charge is 0.353 e. The number of rotatable bonds is 4.